The molecule has 2 aromatic rings. The van der Waals surface area contributed by atoms with Crippen LogP contribution in [0.2, 0.25) is 0 Å². The maximum absolute atomic E-state index is 12.3. The first-order valence-corrected chi connectivity index (χ1v) is 6.89. The van der Waals surface area contributed by atoms with Crippen molar-refractivity contribution in [1.29, 1.82) is 0 Å². The number of amides is 1. The molecule has 4 nitrogen and oxygen atoms in total. The van der Waals surface area contributed by atoms with Crippen LogP contribution in [0.3, 0.4) is 0 Å². The fraction of sp³-hybridized carbons (Fsp3) is 0.235. The molecule has 1 unspecified atom stereocenters. The topological polar surface area (TPSA) is 64.3 Å². The largest absolute Gasteiger partial charge is 0.494 e. The summed E-state index contributed by atoms with van der Waals surface area (Å²) >= 11 is 0. The Morgan fingerprint density at radius 1 is 1.19 bits per heavy atom. The van der Waals surface area contributed by atoms with Crippen LogP contribution < -0.4 is 15.8 Å². The molecule has 1 atom stereocenters. The second-order valence-corrected chi connectivity index (χ2v) is 4.95. The minimum absolute atomic E-state index is 0.179. The van der Waals surface area contributed by atoms with E-state index in [1.807, 2.05) is 18.2 Å². The van der Waals surface area contributed by atoms with Gasteiger partial charge in [0.1, 0.15) is 0 Å². The highest BCUT2D eigenvalue weighted by molar-refractivity contribution is 5.98. The minimum atomic E-state index is -0.179. The lowest BCUT2D eigenvalue weighted by Crippen LogP contribution is -2.28. The van der Waals surface area contributed by atoms with Gasteiger partial charge in [0.25, 0.3) is 5.91 Å². The van der Waals surface area contributed by atoms with E-state index in [4.69, 9.17) is 10.5 Å². The third kappa shape index (κ3) is 3.54. The Morgan fingerprint density at radius 3 is 2.57 bits per heavy atom. The van der Waals surface area contributed by atoms with E-state index in [-0.39, 0.29) is 11.8 Å². The zero-order valence-electron chi connectivity index (χ0n) is 12.3. The first-order valence-electron chi connectivity index (χ1n) is 6.89. The SMILES string of the molecule is COc1c(N)cccc1C(=O)NCC(C)c1ccccc1. The number of nitrogen functional groups attached to an aromatic ring is 1. The minimum Gasteiger partial charge on any atom is -0.494 e. The van der Waals surface area contributed by atoms with Crippen molar-refractivity contribution in [2.75, 3.05) is 19.4 Å². The van der Waals surface area contributed by atoms with Gasteiger partial charge >= 0.3 is 0 Å². The van der Waals surface area contributed by atoms with Gasteiger partial charge in [-0.2, -0.15) is 0 Å². The van der Waals surface area contributed by atoms with Crippen molar-refractivity contribution in [2.24, 2.45) is 0 Å². The van der Waals surface area contributed by atoms with Gasteiger partial charge in [0, 0.05) is 6.54 Å². The van der Waals surface area contributed by atoms with Crippen molar-refractivity contribution >= 4 is 11.6 Å². The molecule has 21 heavy (non-hydrogen) atoms. The third-order valence-corrected chi connectivity index (χ3v) is 3.43. The van der Waals surface area contributed by atoms with E-state index in [0.29, 0.717) is 23.5 Å². The molecule has 0 aliphatic carbocycles. The van der Waals surface area contributed by atoms with Crippen molar-refractivity contribution in [3.05, 3.63) is 59.7 Å². The number of ether oxygens (including phenoxy) is 1. The number of para-hydroxylation sites is 1. The molecule has 0 radical (unpaired) electrons. The fourth-order valence-corrected chi connectivity index (χ4v) is 2.20. The Hall–Kier alpha value is -2.49. The van der Waals surface area contributed by atoms with E-state index in [9.17, 15) is 4.79 Å². The van der Waals surface area contributed by atoms with Crippen molar-refractivity contribution in [3.63, 3.8) is 0 Å². The van der Waals surface area contributed by atoms with Gasteiger partial charge in [0.15, 0.2) is 5.75 Å². The standard InChI is InChI=1S/C17H20N2O2/c1-12(13-7-4-3-5-8-13)11-19-17(20)14-9-6-10-15(18)16(14)21-2/h3-10,12H,11,18H2,1-2H3,(H,19,20). The third-order valence-electron chi connectivity index (χ3n) is 3.43. The summed E-state index contributed by atoms with van der Waals surface area (Å²) in [7, 11) is 1.51. The van der Waals surface area contributed by atoms with Crippen LogP contribution in [-0.4, -0.2) is 19.6 Å². The van der Waals surface area contributed by atoms with Crippen LogP contribution in [0.15, 0.2) is 48.5 Å². The molecule has 110 valence electrons. The molecular weight excluding hydrogens is 264 g/mol. The summed E-state index contributed by atoms with van der Waals surface area (Å²) in [6, 6.07) is 15.2. The molecule has 0 aliphatic rings. The summed E-state index contributed by atoms with van der Waals surface area (Å²) in [5.41, 5.74) is 7.92. The number of nitrogens with one attached hydrogen (secondary N) is 1. The zero-order chi connectivity index (χ0) is 15.2. The van der Waals surface area contributed by atoms with Crippen LogP contribution in [0, 0.1) is 0 Å². The lowest BCUT2D eigenvalue weighted by Gasteiger charge is -2.15. The monoisotopic (exact) mass is 284 g/mol. The number of benzene rings is 2. The Bertz CT molecular complexity index is 611. The van der Waals surface area contributed by atoms with E-state index in [0.717, 1.165) is 0 Å². The molecule has 0 heterocycles. The van der Waals surface area contributed by atoms with Gasteiger partial charge in [-0.3, -0.25) is 4.79 Å². The molecule has 0 fully saturated rings. The highest BCUT2D eigenvalue weighted by Crippen LogP contribution is 2.25. The number of hydrogen-bond acceptors (Lipinski definition) is 3. The number of methoxy groups -OCH3 is 1. The van der Waals surface area contributed by atoms with Crippen LogP contribution in [0.4, 0.5) is 5.69 Å². The average molecular weight is 284 g/mol. The Kier molecular flexibility index (Phi) is 4.82. The number of carbonyl (C=O) groups excluding carboxylic acids is 1. The Balaban J connectivity index is 2.04. The van der Waals surface area contributed by atoms with Crippen molar-refractivity contribution in [2.45, 2.75) is 12.8 Å². The molecule has 0 spiro atoms. The Labute approximate surface area is 124 Å². The summed E-state index contributed by atoms with van der Waals surface area (Å²) in [5, 5.41) is 2.92. The van der Waals surface area contributed by atoms with Gasteiger partial charge in [-0.05, 0) is 23.6 Å². The molecule has 4 heteroatoms. The maximum atomic E-state index is 12.3. The molecule has 2 rings (SSSR count). The second-order valence-electron chi connectivity index (χ2n) is 4.95. The van der Waals surface area contributed by atoms with E-state index in [2.05, 4.69) is 24.4 Å². The highest BCUT2D eigenvalue weighted by atomic mass is 16.5. The lowest BCUT2D eigenvalue weighted by atomic mass is 10.0. The molecule has 0 saturated heterocycles. The number of nitrogens with two attached hydrogens (primary N) is 1. The summed E-state index contributed by atoms with van der Waals surface area (Å²) in [6.07, 6.45) is 0. The number of hydrogen-bond donors (Lipinski definition) is 2. The average Bonchev–Trinajstić information content (AvgIpc) is 2.52. The van der Waals surface area contributed by atoms with Gasteiger partial charge in [-0.1, -0.05) is 43.3 Å². The van der Waals surface area contributed by atoms with E-state index < -0.39 is 0 Å². The van der Waals surface area contributed by atoms with Crippen LogP contribution in [0.1, 0.15) is 28.8 Å². The van der Waals surface area contributed by atoms with Crippen molar-refractivity contribution in [3.8, 4) is 5.75 Å². The molecule has 0 aromatic heterocycles. The highest BCUT2D eigenvalue weighted by Gasteiger charge is 2.15. The number of carbonyl (C=O) groups is 1. The molecular formula is C17H20N2O2. The summed E-state index contributed by atoms with van der Waals surface area (Å²) < 4.78 is 5.20. The number of anilines is 1. The summed E-state index contributed by atoms with van der Waals surface area (Å²) in [5.74, 6) is 0.478. The second kappa shape index (κ2) is 6.79. The predicted molar refractivity (Wildman–Crippen MR) is 84.6 cm³/mol. The Morgan fingerprint density at radius 2 is 1.90 bits per heavy atom. The predicted octanol–water partition coefficient (Wildman–Crippen LogP) is 2.81. The van der Waals surface area contributed by atoms with E-state index in [1.54, 1.807) is 18.2 Å². The molecule has 3 N–H and O–H groups in total. The summed E-state index contributed by atoms with van der Waals surface area (Å²) in [6.45, 7) is 2.63. The number of rotatable bonds is 5. The van der Waals surface area contributed by atoms with Crippen LogP contribution >= 0.6 is 0 Å². The zero-order valence-corrected chi connectivity index (χ0v) is 12.3. The quantitative estimate of drug-likeness (QED) is 0.830. The van der Waals surface area contributed by atoms with Crippen LogP contribution in [0.5, 0.6) is 5.75 Å². The normalized spacial score (nSPS) is 11.7. The van der Waals surface area contributed by atoms with Crippen molar-refractivity contribution in [1.82, 2.24) is 5.32 Å². The molecule has 0 saturated carbocycles. The molecule has 2 aromatic carbocycles. The molecule has 0 bridgehead atoms. The van der Waals surface area contributed by atoms with Crippen molar-refractivity contribution < 1.29 is 9.53 Å². The molecule has 1 amide bonds. The maximum Gasteiger partial charge on any atom is 0.255 e. The van der Waals surface area contributed by atoms with Gasteiger partial charge < -0.3 is 15.8 Å². The first-order chi connectivity index (χ1) is 10.1. The van der Waals surface area contributed by atoms with Crippen LogP contribution in [0.25, 0.3) is 0 Å². The lowest BCUT2D eigenvalue weighted by molar-refractivity contribution is 0.0948. The summed E-state index contributed by atoms with van der Waals surface area (Å²) in [4.78, 5) is 12.3. The van der Waals surface area contributed by atoms with Gasteiger partial charge in [0.2, 0.25) is 0 Å². The smallest absolute Gasteiger partial charge is 0.255 e. The van der Waals surface area contributed by atoms with E-state index in [1.165, 1.54) is 12.7 Å². The fourth-order valence-electron chi connectivity index (χ4n) is 2.20. The van der Waals surface area contributed by atoms with Gasteiger partial charge in [-0.25, -0.2) is 0 Å². The first kappa shape index (κ1) is 14.9. The molecule has 0 aliphatic heterocycles. The van der Waals surface area contributed by atoms with Gasteiger partial charge in [-0.15, -0.1) is 0 Å². The van der Waals surface area contributed by atoms with Crippen LogP contribution in [-0.2, 0) is 0 Å². The van der Waals surface area contributed by atoms with E-state index >= 15 is 0 Å². The van der Waals surface area contributed by atoms with Gasteiger partial charge in [0.05, 0.1) is 18.4 Å².